The van der Waals surface area contributed by atoms with Crippen LogP contribution in [0.5, 0.6) is 0 Å². The molecule has 0 aliphatic rings. The number of halogens is 3. The molecule has 3 aromatic carbocycles. The lowest BCUT2D eigenvalue weighted by molar-refractivity contribution is -0.137. The minimum Gasteiger partial charge on any atom is -0.267 e. The lowest BCUT2D eigenvalue weighted by Gasteiger charge is -2.08. The monoisotopic (exact) mass is 356 g/mol. The minimum absolute atomic E-state index is 0.102. The molecule has 3 nitrogen and oxygen atoms in total. The Labute approximate surface area is 148 Å². The largest absolute Gasteiger partial charge is 0.416 e. The van der Waals surface area contributed by atoms with E-state index in [0.717, 1.165) is 28.5 Å². The minimum atomic E-state index is -4.50. The predicted octanol–water partition coefficient (Wildman–Crippen LogP) is 5.01. The maximum atomic E-state index is 12.7. The van der Waals surface area contributed by atoms with Crippen molar-refractivity contribution in [3.8, 4) is 0 Å². The second-order valence-electron chi connectivity index (χ2n) is 5.78. The molecule has 0 saturated heterocycles. The van der Waals surface area contributed by atoms with Gasteiger partial charge in [-0.25, -0.2) is 5.43 Å². The van der Waals surface area contributed by atoms with E-state index in [4.69, 9.17) is 0 Å². The number of carbonyl (C=O) groups excluding carboxylic acids is 1. The summed E-state index contributed by atoms with van der Waals surface area (Å²) in [6.07, 6.45) is -4.50. The van der Waals surface area contributed by atoms with Crippen molar-refractivity contribution in [3.63, 3.8) is 0 Å². The van der Waals surface area contributed by atoms with Crippen LogP contribution >= 0.6 is 0 Å². The van der Waals surface area contributed by atoms with Crippen LogP contribution in [0.2, 0.25) is 0 Å². The highest BCUT2D eigenvalue weighted by Gasteiger charge is 2.30. The van der Waals surface area contributed by atoms with E-state index in [-0.39, 0.29) is 5.56 Å². The zero-order valence-corrected chi connectivity index (χ0v) is 13.8. The molecule has 6 heteroatoms. The first-order chi connectivity index (χ1) is 12.3. The fourth-order valence-electron chi connectivity index (χ4n) is 2.51. The highest BCUT2D eigenvalue weighted by Crippen LogP contribution is 2.29. The normalized spacial score (nSPS) is 12.2. The number of hydrogen-bond donors (Lipinski definition) is 1. The Hall–Kier alpha value is -3.15. The molecule has 1 N–H and O–H groups in total. The predicted molar refractivity (Wildman–Crippen MR) is 95.1 cm³/mol. The summed E-state index contributed by atoms with van der Waals surface area (Å²) in [5, 5.41) is 6.12. The Morgan fingerprint density at radius 3 is 2.35 bits per heavy atom. The van der Waals surface area contributed by atoms with Gasteiger partial charge in [-0.1, -0.05) is 42.5 Å². The summed E-state index contributed by atoms with van der Waals surface area (Å²) in [5.41, 5.74) is 2.69. The van der Waals surface area contributed by atoms with Gasteiger partial charge in [0.15, 0.2) is 0 Å². The van der Waals surface area contributed by atoms with Crippen LogP contribution in [0.4, 0.5) is 13.2 Å². The molecule has 1 amide bonds. The van der Waals surface area contributed by atoms with Gasteiger partial charge in [-0.15, -0.1) is 0 Å². The second-order valence-corrected chi connectivity index (χ2v) is 5.78. The van der Waals surface area contributed by atoms with Crippen molar-refractivity contribution in [2.75, 3.05) is 0 Å². The van der Waals surface area contributed by atoms with Gasteiger partial charge in [0, 0.05) is 5.56 Å². The fourth-order valence-corrected chi connectivity index (χ4v) is 2.51. The molecule has 3 rings (SSSR count). The highest BCUT2D eigenvalue weighted by atomic mass is 19.4. The number of hydrazone groups is 1. The molecular formula is C20H15F3N2O. The molecule has 0 bridgehead atoms. The number of fused-ring (bicyclic) bond motifs is 1. The van der Waals surface area contributed by atoms with Crippen molar-refractivity contribution in [2.45, 2.75) is 13.1 Å². The van der Waals surface area contributed by atoms with Gasteiger partial charge in [-0.2, -0.15) is 18.3 Å². The van der Waals surface area contributed by atoms with Crippen molar-refractivity contribution in [2.24, 2.45) is 5.10 Å². The third kappa shape index (κ3) is 3.91. The highest BCUT2D eigenvalue weighted by molar-refractivity contribution is 6.03. The topological polar surface area (TPSA) is 41.5 Å². The first-order valence-electron chi connectivity index (χ1n) is 7.86. The van der Waals surface area contributed by atoms with Crippen molar-refractivity contribution >= 4 is 22.4 Å². The maximum Gasteiger partial charge on any atom is 0.416 e. The zero-order chi connectivity index (χ0) is 18.7. The van der Waals surface area contributed by atoms with E-state index in [1.165, 1.54) is 12.1 Å². The number of nitrogens with zero attached hydrogens (tertiary/aromatic N) is 1. The van der Waals surface area contributed by atoms with Crippen LogP contribution in [-0.2, 0) is 6.18 Å². The molecule has 0 radical (unpaired) electrons. The van der Waals surface area contributed by atoms with Crippen LogP contribution < -0.4 is 5.43 Å². The lowest BCUT2D eigenvalue weighted by atomic mass is 10.0. The third-order valence-electron chi connectivity index (χ3n) is 3.94. The molecule has 0 aliphatic carbocycles. The van der Waals surface area contributed by atoms with E-state index in [2.05, 4.69) is 10.5 Å². The number of alkyl halides is 3. The zero-order valence-electron chi connectivity index (χ0n) is 13.8. The fraction of sp³-hybridized carbons (Fsp3) is 0.100. The second kappa shape index (κ2) is 7.00. The van der Waals surface area contributed by atoms with Crippen molar-refractivity contribution in [1.82, 2.24) is 5.43 Å². The van der Waals surface area contributed by atoms with Crippen LogP contribution in [0.3, 0.4) is 0 Å². The molecular weight excluding hydrogens is 341 g/mol. The van der Waals surface area contributed by atoms with Crippen molar-refractivity contribution in [1.29, 1.82) is 0 Å². The quantitative estimate of drug-likeness (QED) is 0.520. The summed E-state index contributed by atoms with van der Waals surface area (Å²) < 4.78 is 38.2. The number of benzene rings is 3. The van der Waals surface area contributed by atoms with E-state index in [1.807, 2.05) is 42.5 Å². The first kappa shape index (κ1) is 17.7. The van der Waals surface area contributed by atoms with Gasteiger partial charge in [-0.3, -0.25) is 4.79 Å². The number of rotatable bonds is 3. The summed E-state index contributed by atoms with van der Waals surface area (Å²) in [6, 6.07) is 17.8. The number of amides is 1. The Kier molecular flexibility index (Phi) is 4.75. The standard InChI is InChI=1S/C20H15F3N2O/c1-13(15-10-9-14-5-2-3-6-16(14)11-15)24-25-19(26)17-7-4-8-18(12-17)20(21,22)23/h2-12H,1H3,(H,25,26). The average Bonchev–Trinajstić information content (AvgIpc) is 2.64. The third-order valence-corrected chi connectivity index (χ3v) is 3.94. The molecule has 0 unspecified atom stereocenters. The Morgan fingerprint density at radius 2 is 1.62 bits per heavy atom. The van der Waals surface area contributed by atoms with Gasteiger partial charge in [0.2, 0.25) is 0 Å². The van der Waals surface area contributed by atoms with E-state index in [9.17, 15) is 18.0 Å². The summed E-state index contributed by atoms with van der Waals surface area (Å²) >= 11 is 0. The smallest absolute Gasteiger partial charge is 0.267 e. The van der Waals surface area contributed by atoms with Crippen LogP contribution in [-0.4, -0.2) is 11.6 Å². The van der Waals surface area contributed by atoms with Gasteiger partial charge in [-0.05, 0) is 47.5 Å². The van der Waals surface area contributed by atoms with Gasteiger partial charge in [0.1, 0.15) is 0 Å². The van der Waals surface area contributed by atoms with Gasteiger partial charge in [0.25, 0.3) is 5.91 Å². The SMILES string of the molecule is CC(=NNC(=O)c1cccc(C(F)(F)F)c1)c1ccc2ccccc2c1. The average molecular weight is 356 g/mol. The van der Waals surface area contributed by atoms with Crippen molar-refractivity contribution < 1.29 is 18.0 Å². The molecule has 132 valence electrons. The van der Waals surface area contributed by atoms with Gasteiger partial charge >= 0.3 is 6.18 Å². The van der Waals surface area contributed by atoms with Crippen LogP contribution in [0.25, 0.3) is 10.8 Å². The summed E-state index contributed by atoms with van der Waals surface area (Å²) in [4.78, 5) is 12.1. The van der Waals surface area contributed by atoms with E-state index in [0.29, 0.717) is 5.71 Å². The summed E-state index contributed by atoms with van der Waals surface area (Å²) in [7, 11) is 0. The lowest BCUT2D eigenvalue weighted by Crippen LogP contribution is -2.20. The van der Waals surface area contributed by atoms with Crippen LogP contribution in [0.15, 0.2) is 71.8 Å². The molecule has 26 heavy (non-hydrogen) atoms. The molecule has 3 aromatic rings. The summed E-state index contributed by atoms with van der Waals surface area (Å²) in [5.74, 6) is -0.698. The molecule has 0 aliphatic heterocycles. The van der Waals surface area contributed by atoms with E-state index < -0.39 is 17.6 Å². The Bertz CT molecular complexity index is 994. The van der Waals surface area contributed by atoms with Gasteiger partial charge < -0.3 is 0 Å². The molecule has 0 atom stereocenters. The molecule has 0 spiro atoms. The Morgan fingerprint density at radius 1 is 0.885 bits per heavy atom. The number of carbonyl (C=O) groups is 1. The Balaban J connectivity index is 1.78. The molecule has 0 heterocycles. The number of hydrogen-bond acceptors (Lipinski definition) is 2. The van der Waals surface area contributed by atoms with E-state index >= 15 is 0 Å². The number of nitrogens with one attached hydrogen (secondary N) is 1. The molecule has 0 aromatic heterocycles. The molecule has 0 fully saturated rings. The first-order valence-corrected chi connectivity index (χ1v) is 7.86. The van der Waals surface area contributed by atoms with Crippen LogP contribution in [0, 0.1) is 0 Å². The van der Waals surface area contributed by atoms with Gasteiger partial charge in [0.05, 0.1) is 11.3 Å². The van der Waals surface area contributed by atoms with Crippen LogP contribution in [0.1, 0.15) is 28.4 Å². The van der Waals surface area contributed by atoms with Crippen molar-refractivity contribution in [3.05, 3.63) is 83.4 Å². The summed E-state index contributed by atoms with van der Waals surface area (Å²) in [6.45, 7) is 1.72. The molecule has 0 saturated carbocycles. The maximum absolute atomic E-state index is 12.7. The van der Waals surface area contributed by atoms with E-state index in [1.54, 1.807) is 6.92 Å².